The smallest absolute Gasteiger partial charge is 0.253 e. The highest BCUT2D eigenvalue weighted by Gasteiger charge is 2.14. The van der Waals surface area contributed by atoms with Gasteiger partial charge in [-0.25, -0.2) is 9.67 Å². The number of aryl methyl sites for hydroxylation is 2. The molecule has 3 aromatic rings. The number of hydrogen-bond donors (Lipinski definition) is 1. The summed E-state index contributed by atoms with van der Waals surface area (Å²) in [4.78, 5) is 16.8. The molecule has 112 valence electrons. The molecule has 1 aromatic carbocycles. The number of nitrogens with one attached hydrogen (secondary N) is 1. The maximum absolute atomic E-state index is 12.4. The van der Waals surface area contributed by atoms with Crippen molar-refractivity contribution < 1.29 is 4.79 Å². The summed E-state index contributed by atoms with van der Waals surface area (Å²) in [5, 5.41) is 8.15. The Balaban J connectivity index is 1.83. The number of amides is 1. The molecular formula is C17H18N4O. The number of carbonyl (C=O) groups is 1. The first-order chi connectivity index (χ1) is 10.7. The number of rotatable bonds is 4. The van der Waals surface area contributed by atoms with E-state index < -0.39 is 0 Å². The highest BCUT2D eigenvalue weighted by atomic mass is 16.1. The van der Waals surface area contributed by atoms with Crippen LogP contribution in [0.15, 0.2) is 42.7 Å². The lowest BCUT2D eigenvalue weighted by atomic mass is 10.1. The van der Waals surface area contributed by atoms with Crippen molar-refractivity contribution >= 4 is 16.9 Å². The molecule has 5 heteroatoms. The van der Waals surface area contributed by atoms with E-state index in [2.05, 4.69) is 15.4 Å². The van der Waals surface area contributed by atoms with Gasteiger partial charge in [0.15, 0.2) is 5.65 Å². The van der Waals surface area contributed by atoms with E-state index in [1.807, 2.05) is 48.9 Å². The molecule has 0 aliphatic heterocycles. The van der Waals surface area contributed by atoms with Crippen molar-refractivity contribution in [2.75, 3.05) is 0 Å². The fraction of sp³-hybridized carbons (Fsp3) is 0.235. The molecule has 0 saturated carbocycles. The summed E-state index contributed by atoms with van der Waals surface area (Å²) in [6.07, 6.45) is 3.40. The Morgan fingerprint density at radius 1 is 1.23 bits per heavy atom. The predicted octanol–water partition coefficient (Wildman–Crippen LogP) is 2.69. The molecule has 3 rings (SSSR count). The number of aromatic nitrogens is 3. The SMILES string of the molecule is CCn1ncc2c(C)c(C(=O)NCc3ccccc3)cnc21. The van der Waals surface area contributed by atoms with Crippen molar-refractivity contribution in [1.29, 1.82) is 0 Å². The molecule has 0 atom stereocenters. The second kappa shape index (κ2) is 5.97. The van der Waals surface area contributed by atoms with E-state index >= 15 is 0 Å². The van der Waals surface area contributed by atoms with Gasteiger partial charge in [0.25, 0.3) is 5.91 Å². The first kappa shape index (κ1) is 14.3. The predicted molar refractivity (Wildman–Crippen MR) is 85.6 cm³/mol. The van der Waals surface area contributed by atoms with E-state index in [9.17, 15) is 4.79 Å². The molecule has 0 fully saturated rings. The van der Waals surface area contributed by atoms with Gasteiger partial charge in [-0.3, -0.25) is 4.79 Å². The Morgan fingerprint density at radius 2 is 2.00 bits per heavy atom. The zero-order valence-electron chi connectivity index (χ0n) is 12.7. The maximum Gasteiger partial charge on any atom is 0.253 e. The van der Waals surface area contributed by atoms with E-state index in [1.165, 1.54) is 0 Å². The molecule has 5 nitrogen and oxygen atoms in total. The second-order valence-corrected chi connectivity index (χ2v) is 5.16. The van der Waals surface area contributed by atoms with Gasteiger partial charge in [0, 0.05) is 24.7 Å². The van der Waals surface area contributed by atoms with Crippen LogP contribution in [-0.2, 0) is 13.1 Å². The van der Waals surface area contributed by atoms with Gasteiger partial charge < -0.3 is 5.32 Å². The monoisotopic (exact) mass is 294 g/mol. The summed E-state index contributed by atoms with van der Waals surface area (Å²) in [5.74, 6) is -0.111. The fourth-order valence-electron chi connectivity index (χ4n) is 2.48. The summed E-state index contributed by atoms with van der Waals surface area (Å²) < 4.78 is 1.83. The van der Waals surface area contributed by atoms with Crippen LogP contribution in [0.1, 0.15) is 28.4 Å². The average molecular weight is 294 g/mol. The third-order valence-corrected chi connectivity index (χ3v) is 3.78. The third-order valence-electron chi connectivity index (χ3n) is 3.78. The summed E-state index contributed by atoms with van der Waals surface area (Å²) in [6, 6.07) is 9.84. The van der Waals surface area contributed by atoms with Gasteiger partial charge >= 0.3 is 0 Å². The highest BCUT2D eigenvalue weighted by molar-refractivity contribution is 5.99. The molecule has 0 unspecified atom stereocenters. The normalized spacial score (nSPS) is 10.8. The van der Waals surface area contributed by atoms with Gasteiger partial charge in [0.05, 0.1) is 11.8 Å². The topological polar surface area (TPSA) is 59.8 Å². The Kier molecular flexibility index (Phi) is 3.87. The number of nitrogens with zero attached hydrogens (tertiary/aromatic N) is 3. The molecule has 0 aliphatic carbocycles. The molecule has 2 heterocycles. The molecule has 1 amide bonds. The number of fused-ring (bicyclic) bond motifs is 1. The number of pyridine rings is 1. The van der Waals surface area contributed by atoms with Gasteiger partial charge in [-0.05, 0) is 25.0 Å². The van der Waals surface area contributed by atoms with Crippen molar-refractivity contribution in [2.45, 2.75) is 26.9 Å². The van der Waals surface area contributed by atoms with Gasteiger partial charge in [0.1, 0.15) is 0 Å². The number of benzene rings is 1. The molecule has 0 radical (unpaired) electrons. The van der Waals surface area contributed by atoms with E-state index in [1.54, 1.807) is 12.4 Å². The van der Waals surface area contributed by atoms with Crippen LogP contribution in [0.4, 0.5) is 0 Å². The van der Waals surface area contributed by atoms with Crippen molar-refractivity contribution in [2.24, 2.45) is 0 Å². The lowest BCUT2D eigenvalue weighted by Crippen LogP contribution is -2.23. The van der Waals surface area contributed by atoms with Crippen LogP contribution in [0.25, 0.3) is 11.0 Å². The summed E-state index contributed by atoms with van der Waals surface area (Å²) in [5.41, 5.74) is 3.40. The van der Waals surface area contributed by atoms with Crippen molar-refractivity contribution in [3.8, 4) is 0 Å². The molecule has 2 aromatic heterocycles. The first-order valence-corrected chi connectivity index (χ1v) is 7.34. The summed E-state index contributed by atoms with van der Waals surface area (Å²) in [6.45, 7) is 5.22. The Labute approximate surface area is 129 Å². The van der Waals surface area contributed by atoms with Crippen molar-refractivity contribution in [3.63, 3.8) is 0 Å². The number of hydrogen-bond acceptors (Lipinski definition) is 3. The van der Waals surface area contributed by atoms with Crippen LogP contribution >= 0.6 is 0 Å². The second-order valence-electron chi connectivity index (χ2n) is 5.16. The van der Waals surface area contributed by atoms with Crippen LogP contribution in [0.2, 0.25) is 0 Å². The Hall–Kier alpha value is -2.69. The van der Waals surface area contributed by atoms with Crippen LogP contribution in [0.5, 0.6) is 0 Å². The van der Waals surface area contributed by atoms with Gasteiger partial charge in [-0.1, -0.05) is 30.3 Å². The lowest BCUT2D eigenvalue weighted by Gasteiger charge is -2.08. The molecule has 0 spiro atoms. The fourth-order valence-corrected chi connectivity index (χ4v) is 2.48. The first-order valence-electron chi connectivity index (χ1n) is 7.34. The maximum atomic E-state index is 12.4. The van der Waals surface area contributed by atoms with Crippen molar-refractivity contribution in [3.05, 3.63) is 59.4 Å². The zero-order valence-corrected chi connectivity index (χ0v) is 12.7. The van der Waals surface area contributed by atoms with E-state index in [0.717, 1.165) is 28.7 Å². The van der Waals surface area contributed by atoms with Crippen LogP contribution in [0, 0.1) is 6.92 Å². The molecule has 1 N–H and O–H groups in total. The van der Waals surface area contributed by atoms with Crippen molar-refractivity contribution in [1.82, 2.24) is 20.1 Å². The minimum atomic E-state index is -0.111. The molecule has 22 heavy (non-hydrogen) atoms. The van der Waals surface area contributed by atoms with Gasteiger partial charge in [0.2, 0.25) is 0 Å². The molecular weight excluding hydrogens is 276 g/mol. The Morgan fingerprint density at radius 3 is 2.73 bits per heavy atom. The van der Waals surface area contributed by atoms with E-state index in [0.29, 0.717) is 12.1 Å². The van der Waals surface area contributed by atoms with Crippen LogP contribution in [-0.4, -0.2) is 20.7 Å². The Bertz CT molecular complexity index is 808. The zero-order chi connectivity index (χ0) is 15.5. The van der Waals surface area contributed by atoms with Crippen LogP contribution in [0.3, 0.4) is 0 Å². The minimum absolute atomic E-state index is 0.111. The quantitative estimate of drug-likeness (QED) is 0.805. The standard InChI is InChI=1S/C17H18N4O/c1-3-21-16-14(11-20-21)12(2)15(10-18-16)17(22)19-9-13-7-5-4-6-8-13/h4-8,10-11H,3,9H2,1-2H3,(H,19,22). The van der Waals surface area contributed by atoms with Gasteiger partial charge in [-0.2, -0.15) is 5.10 Å². The summed E-state index contributed by atoms with van der Waals surface area (Å²) in [7, 11) is 0. The average Bonchev–Trinajstić information content (AvgIpc) is 2.98. The van der Waals surface area contributed by atoms with E-state index in [-0.39, 0.29) is 5.91 Å². The number of carbonyl (C=O) groups excluding carboxylic acids is 1. The lowest BCUT2D eigenvalue weighted by molar-refractivity contribution is 0.0950. The highest BCUT2D eigenvalue weighted by Crippen LogP contribution is 2.19. The minimum Gasteiger partial charge on any atom is -0.348 e. The van der Waals surface area contributed by atoms with E-state index in [4.69, 9.17) is 0 Å². The van der Waals surface area contributed by atoms with Crippen LogP contribution < -0.4 is 5.32 Å². The summed E-state index contributed by atoms with van der Waals surface area (Å²) >= 11 is 0. The molecule has 0 saturated heterocycles. The largest absolute Gasteiger partial charge is 0.348 e. The van der Waals surface area contributed by atoms with Gasteiger partial charge in [-0.15, -0.1) is 0 Å². The molecule has 0 aliphatic rings. The molecule has 0 bridgehead atoms. The third kappa shape index (κ3) is 2.57.